The smallest absolute Gasteiger partial charge is 0.349 e. The summed E-state index contributed by atoms with van der Waals surface area (Å²) in [5, 5.41) is 29.8. The van der Waals surface area contributed by atoms with Gasteiger partial charge in [-0.25, -0.2) is 28.4 Å². The Labute approximate surface area is 358 Å². The van der Waals surface area contributed by atoms with E-state index in [4.69, 9.17) is 10.5 Å². The molecule has 4 amide bonds. The van der Waals surface area contributed by atoms with E-state index in [0.717, 1.165) is 37.1 Å². The summed E-state index contributed by atoms with van der Waals surface area (Å²) in [5.74, 6) is -2.06. The van der Waals surface area contributed by atoms with Crippen LogP contribution in [0.25, 0.3) is 11.2 Å². The fourth-order valence-electron chi connectivity index (χ4n) is 7.97. The van der Waals surface area contributed by atoms with Gasteiger partial charge in [0.2, 0.25) is 11.9 Å². The van der Waals surface area contributed by atoms with E-state index in [2.05, 4.69) is 55.9 Å². The van der Waals surface area contributed by atoms with Gasteiger partial charge in [-0.3, -0.25) is 19.4 Å². The Bertz CT molecular complexity index is 2470. The summed E-state index contributed by atoms with van der Waals surface area (Å²) in [6.07, 6.45) is 6.69. The van der Waals surface area contributed by atoms with Crippen molar-refractivity contribution in [1.29, 1.82) is 0 Å². The molecule has 3 aromatic heterocycles. The predicted molar refractivity (Wildman–Crippen MR) is 230 cm³/mol. The molecule has 1 aliphatic heterocycles. The van der Waals surface area contributed by atoms with Gasteiger partial charge in [0, 0.05) is 53.1 Å². The molecule has 1 aromatic carbocycles. The number of carbonyl (C=O) groups excluding carboxylic acids is 3. The lowest BCUT2D eigenvalue weighted by Gasteiger charge is -2.30. The number of urea groups is 1. The number of nitrogens with two attached hydrogens (primary N) is 1. The van der Waals surface area contributed by atoms with Crippen LogP contribution in [0.1, 0.15) is 106 Å². The van der Waals surface area contributed by atoms with E-state index in [1.807, 2.05) is 32.4 Å². The molecule has 22 heteroatoms. The van der Waals surface area contributed by atoms with Crippen molar-refractivity contribution in [2.45, 2.75) is 102 Å². The van der Waals surface area contributed by atoms with Crippen molar-refractivity contribution in [3.05, 3.63) is 63.5 Å². The molecule has 1 fully saturated rings. The number of nitrogen functional groups attached to an aromatic ring is 1. The van der Waals surface area contributed by atoms with Crippen LogP contribution in [0.15, 0.2) is 39.6 Å². The van der Waals surface area contributed by atoms with Crippen molar-refractivity contribution in [1.82, 2.24) is 50.9 Å². The van der Waals surface area contributed by atoms with Gasteiger partial charge in [-0.1, -0.05) is 52.2 Å². The van der Waals surface area contributed by atoms with Crippen LogP contribution < -0.4 is 32.6 Å². The third-order valence-corrected chi connectivity index (χ3v) is 13.6. The Morgan fingerprint density at radius 1 is 1.02 bits per heavy atom. The molecule has 0 spiro atoms. The molecule has 6 rings (SSSR count). The average Bonchev–Trinajstić information content (AvgIpc) is 3.67. The number of fused-ring (bicyclic) bond motifs is 2. The van der Waals surface area contributed by atoms with E-state index in [1.54, 1.807) is 12.1 Å². The number of rotatable bonds is 16. The van der Waals surface area contributed by atoms with Crippen LogP contribution >= 0.6 is 0 Å². The molecule has 2 atom stereocenters. The lowest BCUT2D eigenvalue weighted by Crippen LogP contribution is -2.41. The van der Waals surface area contributed by atoms with Crippen molar-refractivity contribution in [3.63, 3.8) is 0 Å². The van der Waals surface area contributed by atoms with Gasteiger partial charge >= 0.3 is 12.0 Å². The number of nitrogens with zero attached hydrogens (tertiary/aromatic N) is 7. The Morgan fingerprint density at radius 3 is 2.42 bits per heavy atom. The Balaban J connectivity index is 0.885. The third kappa shape index (κ3) is 11.5. The van der Waals surface area contributed by atoms with Crippen LogP contribution in [0.5, 0.6) is 0 Å². The second-order valence-electron chi connectivity index (χ2n) is 17.0. The SMILES string of the molecule is CC1(C)CS(=O)(=NC(=O)NCCOCCNC(=O)CC[C@H](NC(=O)c2ccc(NCc3cnc4nc(N)[nH]c(=O)c4n3)cc2)C(=O)O)CC(C)(C)c2c1nnn2C1CCCCC1. The van der Waals surface area contributed by atoms with E-state index < -0.39 is 56.0 Å². The van der Waals surface area contributed by atoms with Crippen LogP contribution in [-0.4, -0.2) is 112 Å². The molecule has 1 aliphatic carbocycles. The lowest BCUT2D eigenvalue weighted by atomic mass is 9.81. The molecular weight excluding hydrogens is 823 g/mol. The van der Waals surface area contributed by atoms with Crippen LogP contribution in [0, 0.1) is 0 Å². The minimum absolute atomic E-state index is 0.0450. The molecule has 1 unspecified atom stereocenters. The number of nitrogens with one attached hydrogen (secondary N) is 5. The van der Waals surface area contributed by atoms with Gasteiger partial charge in [0.15, 0.2) is 11.2 Å². The summed E-state index contributed by atoms with van der Waals surface area (Å²) in [6.45, 7) is 8.68. The van der Waals surface area contributed by atoms with Crippen LogP contribution in [-0.2, 0) is 41.4 Å². The Hall–Kier alpha value is -6.03. The van der Waals surface area contributed by atoms with Crippen molar-refractivity contribution >= 4 is 56.3 Å². The highest BCUT2D eigenvalue weighted by atomic mass is 32.2. The first kappa shape index (κ1) is 45.5. The van der Waals surface area contributed by atoms with E-state index in [1.165, 1.54) is 24.8 Å². The lowest BCUT2D eigenvalue weighted by molar-refractivity contribution is -0.139. The first-order chi connectivity index (χ1) is 29.4. The zero-order valence-electron chi connectivity index (χ0n) is 35.4. The summed E-state index contributed by atoms with van der Waals surface area (Å²) in [7, 11) is -2.98. The molecule has 8 N–H and O–H groups in total. The first-order valence-electron chi connectivity index (χ1n) is 20.6. The zero-order valence-corrected chi connectivity index (χ0v) is 36.2. The fourth-order valence-corrected chi connectivity index (χ4v) is 11.1. The standard InChI is InChI=1S/C40H55N13O8S/c1-39(2)22-62(60,23-40(3,4)32-31(39)50-52-53(32)27-8-6-5-7-9-27)51-38(59)43-17-19-61-18-16-42-29(54)15-14-28(36(57)58)47-34(55)24-10-12-25(13-11-24)44-20-26-21-45-33-30(46-26)35(56)49-37(41)48-33/h10-13,21,27-28,44H,5-9,14-20,22-23H2,1-4H3,(H,42,54)(H,43,59)(H,47,55)(H,57,58)(H3,41,45,48,49,56)/t28-,62?/m0/s1. The second kappa shape index (κ2) is 19.3. The molecule has 4 aromatic rings. The van der Waals surface area contributed by atoms with E-state index in [0.29, 0.717) is 11.4 Å². The van der Waals surface area contributed by atoms with E-state index in [-0.39, 0.29) is 85.9 Å². The minimum Gasteiger partial charge on any atom is -0.480 e. The molecule has 2 aliphatic rings. The molecule has 0 saturated heterocycles. The van der Waals surface area contributed by atoms with Crippen molar-refractivity contribution in [2.24, 2.45) is 4.36 Å². The van der Waals surface area contributed by atoms with Crippen molar-refractivity contribution in [3.8, 4) is 0 Å². The average molecular weight is 878 g/mol. The molecule has 4 heterocycles. The highest BCUT2D eigenvalue weighted by Gasteiger charge is 2.45. The summed E-state index contributed by atoms with van der Waals surface area (Å²) >= 11 is 0. The fraction of sp³-hybridized carbons (Fsp3) is 0.550. The summed E-state index contributed by atoms with van der Waals surface area (Å²) < 4.78 is 26.1. The van der Waals surface area contributed by atoms with Gasteiger partial charge in [-0.2, -0.15) is 4.98 Å². The number of amides is 4. The number of aromatic amines is 1. The number of carboxylic acids is 1. The number of ether oxygens (including phenoxy) is 1. The summed E-state index contributed by atoms with van der Waals surface area (Å²) in [4.78, 5) is 77.0. The quantitative estimate of drug-likeness (QED) is 0.0796. The van der Waals surface area contributed by atoms with Crippen molar-refractivity contribution < 1.29 is 33.2 Å². The number of anilines is 2. The van der Waals surface area contributed by atoms with E-state index in [9.17, 15) is 33.3 Å². The monoisotopic (exact) mass is 877 g/mol. The topological polar surface area (TPSA) is 304 Å². The maximum atomic E-state index is 14.3. The molecular formula is C40H55N13O8S. The number of aromatic nitrogens is 7. The molecule has 0 bridgehead atoms. The van der Waals surface area contributed by atoms with Crippen LogP contribution in [0.3, 0.4) is 0 Å². The number of carboxylic acid groups (broad SMARTS) is 1. The number of carbonyl (C=O) groups is 4. The molecule has 62 heavy (non-hydrogen) atoms. The maximum absolute atomic E-state index is 14.3. The van der Waals surface area contributed by atoms with Gasteiger partial charge in [0.1, 0.15) is 6.04 Å². The van der Waals surface area contributed by atoms with Gasteiger partial charge in [0.25, 0.3) is 11.5 Å². The normalized spacial score (nSPS) is 18.8. The number of aliphatic carboxylic acids is 1. The Kier molecular flexibility index (Phi) is 14.2. The number of benzene rings is 1. The molecule has 21 nitrogen and oxygen atoms in total. The van der Waals surface area contributed by atoms with Gasteiger partial charge < -0.3 is 36.8 Å². The van der Waals surface area contributed by atoms with Gasteiger partial charge in [0.05, 0.1) is 58.8 Å². The minimum atomic E-state index is -2.98. The summed E-state index contributed by atoms with van der Waals surface area (Å²) in [6, 6.07) is 4.51. The second-order valence-corrected chi connectivity index (χ2v) is 19.3. The highest BCUT2D eigenvalue weighted by Crippen LogP contribution is 2.42. The largest absolute Gasteiger partial charge is 0.480 e. The molecule has 0 radical (unpaired) electrons. The van der Waals surface area contributed by atoms with Crippen LogP contribution in [0.4, 0.5) is 16.4 Å². The number of H-pyrrole nitrogens is 1. The number of hydrogen-bond donors (Lipinski definition) is 7. The number of hydrogen-bond acceptors (Lipinski definition) is 14. The maximum Gasteiger partial charge on any atom is 0.349 e. The van der Waals surface area contributed by atoms with Crippen LogP contribution in [0.2, 0.25) is 0 Å². The van der Waals surface area contributed by atoms with Gasteiger partial charge in [-0.15, -0.1) is 9.46 Å². The third-order valence-electron chi connectivity index (χ3n) is 10.8. The molecule has 1 saturated carbocycles. The first-order valence-corrected chi connectivity index (χ1v) is 22.5. The zero-order chi connectivity index (χ0) is 44.7. The Morgan fingerprint density at radius 2 is 1.71 bits per heavy atom. The van der Waals surface area contributed by atoms with Crippen molar-refractivity contribution in [2.75, 3.05) is 48.9 Å². The predicted octanol–water partition coefficient (Wildman–Crippen LogP) is 2.55. The van der Waals surface area contributed by atoms with Gasteiger partial charge in [-0.05, 0) is 43.5 Å². The highest BCUT2D eigenvalue weighted by molar-refractivity contribution is 7.94. The molecule has 334 valence electrons. The van der Waals surface area contributed by atoms with E-state index >= 15 is 0 Å². The summed E-state index contributed by atoms with van der Waals surface area (Å²) in [5.41, 5.74) is 7.09.